The van der Waals surface area contributed by atoms with Crippen molar-refractivity contribution in [3.05, 3.63) is 57.6 Å². The maximum atomic E-state index is 13.5. The maximum Gasteiger partial charge on any atom is 0.198 e. The number of benzene rings is 2. The molecular weight excluding hydrogens is 384 g/mol. The number of rotatable bonds is 2. The van der Waals surface area contributed by atoms with Crippen LogP contribution in [-0.2, 0) is 15.9 Å². The summed E-state index contributed by atoms with van der Waals surface area (Å²) >= 11 is 0. The summed E-state index contributed by atoms with van der Waals surface area (Å²) < 4.78 is 24.1. The van der Waals surface area contributed by atoms with Crippen LogP contribution in [0.15, 0.2) is 24.3 Å². The second-order valence-corrected chi connectivity index (χ2v) is 8.76. The van der Waals surface area contributed by atoms with Gasteiger partial charge < -0.3 is 18.9 Å². The van der Waals surface area contributed by atoms with Crippen molar-refractivity contribution in [3.8, 4) is 11.5 Å². The molecule has 30 heavy (non-hydrogen) atoms. The minimum Gasteiger partial charge on any atom is -0.495 e. The molecule has 2 atom stereocenters. The van der Waals surface area contributed by atoms with E-state index in [1.54, 1.807) is 24.3 Å². The van der Waals surface area contributed by atoms with Crippen molar-refractivity contribution < 1.29 is 28.5 Å². The molecule has 0 bridgehead atoms. The Morgan fingerprint density at radius 2 is 1.53 bits per heavy atom. The molecule has 156 valence electrons. The molecule has 5 rings (SSSR count). The van der Waals surface area contributed by atoms with Gasteiger partial charge in [-0.3, -0.25) is 9.59 Å². The summed E-state index contributed by atoms with van der Waals surface area (Å²) in [7, 11) is 1.51. The zero-order valence-corrected chi connectivity index (χ0v) is 17.7. The molecule has 0 amide bonds. The summed E-state index contributed by atoms with van der Waals surface area (Å²) in [5, 5.41) is 0. The van der Waals surface area contributed by atoms with Gasteiger partial charge in [-0.25, -0.2) is 0 Å². The highest BCUT2D eigenvalue weighted by Gasteiger charge is 2.47. The zero-order valence-electron chi connectivity index (χ0n) is 17.7. The average molecular weight is 408 g/mol. The van der Waals surface area contributed by atoms with Gasteiger partial charge in [0.05, 0.1) is 36.0 Å². The van der Waals surface area contributed by atoms with Gasteiger partial charge in [-0.05, 0) is 27.7 Å². The number of carbonyl (C=O) groups is 2. The quantitative estimate of drug-likeness (QED) is 0.638. The number of methoxy groups -OCH3 is 1. The van der Waals surface area contributed by atoms with Crippen molar-refractivity contribution >= 4 is 11.6 Å². The van der Waals surface area contributed by atoms with Crippen LogP contribution in [0, 0.1) is 0 Å². The Kier molecular flexibility index (Phi) is 4.11. The first-order valence-corrected chi connectivity index (χ1v) is 10.2. The SMILES string of the molecule is COc1c2c(c3c(c1C1O[C@H](C)[C@@H](C)O1)CC(C)(C)O3)C(=O)c1ccccc1C2=O. The minimum absolute atomic E-state index is 0.111. The molecule has 6 nitrogen and oxygen atoms in total. The molecule has 3 aliphatic rings. The van der Waals surface area contributed by atoms with Crippen molar-refractivity contribution in [1.29, 1.82) is 0 Å². The molecule has 0 aromatic heterocycles. The third-order valence-electron chi connectivity index (χ3n) is 6.18. The second kappa shape index (κ2) is 6.40. The van der Waals surface area contributed by atoms with Gasteiger partial charge in [0, 0.05) is 23.1 Å². The third-order valence-corrected chi connectivity index (χ3v) is 6.18. The minimum atomic E-state index is -0.693. The summed E-state index contributed by atoms with van der Waals surface area (Å²) in [5.41, 5.74) is 2.18. The van der Waals surface area contributed by atoms with Crippen LogP contribution < -0.4 is 9.47 Å². The number of hydrogen-bond acceptors (Lipinski definition) is 6. The Balaban J connectivity index is 1.83. The molecule has 2 heterocycles. The molecule has 0 N–H and O–H groups in total. The smallest absolute Gasteiger partial charge is 0.198 e. The first-order valence-electron chi connectivity index (χ1n) is 10.2. The molecule has 2 aromatic rings. The van der Waals surface area contributed by atoms with E-state index in [2.05, 4.69) is 0 Å². The lowest BCUT2D eigenvalue weighted by molar-refractivity contribution is -0.0670. The van der Waals surface area contributed by atoms with E-state index in [0.29, 0.717) is 34.6 Å². The fourth-order valence-corrected chi connectivity index (χ4v) is 4.62. The van der Waals surface area contributed by atoms with E-state index in [1.807, 2.05) is 27.7 Å². The Hall–Kier alpha value is -2.70. The Morgan fingerprint density at radius 1 is 0.967 bits per heavy atom. The fourth-order valence-electron chi connectivity index (χ4n) is 4.62. The van der Waals surface area contributed by atoms with Crippen LogP contribution >= 0.6 is 0 Å². The van der Waals surface area contributed by atoms with Gasteiger partial charge in [-0.1, -0.05) is 24.3 Å². The molecule has 2 aliphatic heterocycles. The predicted octanol–water partition coefficient (Wildman–Crippen LogP) is 4.01. The molecule has 6 heteroatoms. The van der Waals surface area contributed by atoms with Crippen molar-refractivity contribution in [3.63, 3.8) is 0 Å². The lowest BCUT2D eigenvalue weighted by Crippen LogP contribution is -2.26. The zero-order chi connectivity index (χ0) is 21.4. The van der Waals surface area contributed by atoms with Gasteiger partial charge in [0.1, 0.15) is 17.1 Å². The van der Waals surface area contributed by atoms with Crippen LogP contribution in [0.4, 0.5) is 0 Å². The van der Waals surface area contributed by atoms with Crippen molar-refractivity contribution in [2.24, 2.45) is 0 Å². The lowest BCUT2D eigenvalue weighted by atomic mass is 9.80. The van der Waals surface area contributed by atoms with Gasteiger partial charge in [-0.15, -0.1) is 0 Å². The van der Waals surface area contributed by atoms with Crippen LogP contribution in [0.1, 0.15) is 77.0 Å². The molecule has 0 radical (unpaired) electrons. The highest BCUT2D eigenvalue weighted by Crippen LogP contribution is 2.52. The molecule has 1 fully saturated rings. The number of ether oxygens (including phenoxy) is 4. The van der Waals surface area contributed by atoms with E-state index in [0.717, 1.165) is 5.56 Å². The van der Waals surface area contributed by atoms with E-state index in [-0.39, 0.29) is 34.9 Å². The average Bonchev–Trinajstić information content (AvgIpc) is 3.21. The maximum absolute atomic E-state index is 13.5. The number of carbonyl (C=O) groups excluding carboxylic acids is 2. The van der Waals surface area contributed by atoms with Gasteiger partial charge in [0.15, 0.2) is 17.9 Å². The molecule has 1 aliphatic carbocycles. The predicted molar refractivity (Wildman–Crippen MR) is 109 cm³/mol. The number of fused-ring (bicyclic) bond motifs is 4. The Bertz CT molecular complexity index is 1090. The normalized spacial score (nSPS) is 24.3. The van der Waals surface area contributed by atoms with Crippen LogP contribution in [-0.4, -0.2) is 36.5 Å². The van der Waals surface area contributed by atoms with Crippen molar-refractivity contribution in [1.82, 2.24) is 0 Å². The summed E-state index contributed by atoms with van der Waals surface area (Å²) in [6, 6.07) is 6.86. The molecular formula is C24H24O6. The van der Waals surface area contributed by atoms with Gasteiger partial charge in [0.25, 0.3) is 0 Å². The lowest BCUT2D eigenvalue weighted by Gasteiger charge is -2.26. The standard InChI is InChI=1S/C24H24O6/c1-11-12(2)29-23(28-11)16-15-10-24(3,4)30-21(15)17-18(22(16)27-5)20(26)14-9-7-6-8-13(14)19(17)25/h6-9,11-12,23H,10H2,1-5H3/t11-,12-/m1/s1. The van der Waals surface area contributed by atoms with Crippen molar-refractivity contribution in [2.45, 2.75) is 58.2 Å². The Morgan fingerprint density at radius 3 is 2.10 bits per heavy atom. The molecule has 2 aromatic carbocycles. The number of ketones is 2. The molecule has 1 saturated heterocycles. The molecule has 0 saturated carbocycles. The summed E-state index contributed by atoms with van der Waals surface area (Å²) in [6.07, 6.45) is -0.364. The van der Waals surface area contributed by atoms with Gasteiger partial charge in [-0.2, -0.15) is 0 Å². The monoisotopic (exact) mass is 408 g/mol. The van der Waals surface area contributed by atoms with E-state index in [4.69, 9.17) is 18.9 Å². The van der Waals surface area contributed by atoms with E-state index < -0.39 is 11.9 Å². The summed E-state index contributed by atoms with van der Waals surface area (Å²) in [6.45, 7) is 7.81. The van der Waals surface area contributed by atoms with E-state index in [1.165, 1.54) is 7.11 Å². The first kappa shape index (κ1) is 19.3. The second-order valence-electron chi connectivity index (χ2n) is 8.76. The number of hydrogen-bond donors (Lipinski definition) is 0. The fraction of sp³-hybridized carbons (Fsp3) is 0.417. The Labute approximate surface area is 175 Å². The van der Waals surface area contributed by atoms with E-state index >= 15 is 0 Å². The largest absolute Gasteiger partial charge is 0.495 e. The molecule has 0 unspecified atom stereocenters. The van der Waals surface area contributed by atoms with Gasteiger partial charge in [0.2, 0.25) is 0 Å². The van der Waals surface area contributed by atoms with Crippen molar-refractivity contribution in [2.75, 3.05) is 7.11 Å². The highest BCUT2D eigenvalue weighted by molar-refractivity contribution is 6.30. The van der Waals surface area contributed by atoms with Crippen LogP contribution in [0.3, 0.4) is 0 Å². The molecule has 0 spiro atoms. The van der Waals surface area contributed by atoms with Crippen LogP contribution in [0.2, 0.25) is 0 Å². The first-order chi connectivity index (χ1) is 14.2. The van der Waals surface area contributed by atoms with Crippen LogP contribution in [0.25, 0.3) is 0 Å². The van der Waals surface area contributed by atoms with Crippen LogP contribution in [0.5, 0.6) is 11.5 Å². The topological polar surface area (TPSA) is 71.1 Å². The third kappa shape index (κ3) is 2.57. The van der Waals surface area contributed by atoms with E-state index in [9.17, 15) is 9.59 Å². The van der Waals surface area contributed by atoms with Gasteiger partial charge >= 0.3 is 0 Å². The summed E-state index contributed by atoms with van der Waals surface area (Å²) in [5.74, 6) is 0.296. The highest BCUT2D eigenvalue weighted by atomic mass is 16.7. The summed E-state index contributed by atoms with van der Waals surface area (Å²) in [4.78, 5) is 27.0.